The molecule has 1 unspecified atom stereocenters. The number of aliphatic hydroxyl groups excluding tert-OH is 1. The Morgan fingerprint density at radius 2 is 2.12 bits per heavy atom. The van der Waals surface area contributed by atoms with Gasteiger partial charge in [-0.25, -0.2) is 4.79 Å². The highest BCUT2D eigenvalue weighted by Crippen LogP contribution is 2.29. The number of anilines is 1. The second kappa shape index (κ2) is 8.74. The number of halogens is 2. The monoisotopic (exact) mass is 388 g/mol. The summed E-state index contributed by atoms with van der Waals surface area (Å²) < 4.78 is 4.79. The van der Waals surface area contributed by atoms with Crippen molar-refractivity contribution in [2.45, 2.75) is 31.8 Å². The molecule has 0 saturated carbocycles. The Balaban J connectivity index is 2.25. The van der Waals surface area contributed by atoms with Gasteiger partial charge in [0.15, 0.2) is 0 Å². The van der Waals surface area contributed by atoms with Gasteiger partial charge in [0.05, 0.1) is 17.2 Å². The maximum absolute atomic E-state index is 12.6. The van der Waals surface area contributed by atoms with E-state index in [9.17, 15) is 14.7 Å². The fourth-order valence-electron chi connectivity index (χ4n) is 3.07. The van der Waals surface area contributed by atoms with Crippen molar-refractivity contribution in [3.8, 4) is 0 Å². The normalized spacial score (nSPS) is 19.6. The van der Waals surface area contributed by atoms with E-state index in [1.807, 2.05) is 13.0 Å². The largest absolute Gasteiger partial charge is 0.467 e. The van der Waals surface area contributed by atoms with Crippen molar-refractivity contribution >= 4 is 40.8 Å². The van der Waals surface area contributed by atoms with Crippen LogP contribution in [0.5, 0.6) is 0 Å². The molecule has 0 bridgehead atoms. The van der Waals surface area contributed by atoms with Crippen LogP contribution in [0, 0.1) is 0 Å². The van der Waals surface area contributed by atoms with E-state index in [1.54, 1.807) is 12.1 Å². The summed E-state index contributed by atoms with van der Waals surface area (Å²) in [6.45, 7) is 2.62. The molecule has 1 aliphatic heterocycles. The van der Waals surface area contributed by atoms with E-state index in [0.717, 1.165) is 5.69 Å². The van der Waals surface area contributed by atoms with Crippen LogP contribution in [0.3, 0.4) is 0 Å². The minimum Gasteiger partial charge on any atom is -0.467 e. The first-order valence-electron chi connectivity index (χ1n) is 8.08. The molecule has 1 N–H and O–H groups in total. The molecule has 0 aliphatic carbocycles. The lowest BCUT2D eigenvalue weighted by Crippen LogP contribution is -2.49. The smallest absolute Gasteiger partial charge is 0.328 e. The number of esters is 1. The van der Waals surface area contributed by atoms with Gasteiger partial charge in [0, 0.05) is 44.3 Å². The zero-order valence-corrected chi connectivity index (χ0v) is 15.8. The third-order valence-corrected chi connectivity index (χ3v) is 5.11. The van der Waals surface area contributed by atoms with Gasteiger partial charge >= 0.3 is 5.97 Å². The predicted molar refractivity (Wildman–Crippen MR) is 97.1 cm³/mol. The molecule has 1 amide bonds. The first kappa shape index (κ1) is 19.8. The number of hydrogen-bond acceptors (Lipinski definition) is 5. The Labute approximate surface area is 157 Å². The van der Waals surface area contributed by atoms with Crippen LogP contribution in [0.1, 0.15) is 19.8 Å². The second-order valence-electron chi connectivity index (χ2n) is 5.99. The first-order chi connectivity index (χ1) is 11.9. The summed E-state index contributed by atoms with van der Waals surface area (Å²) in [5.74, 6) is -0.657. The van der Waals surface area contributed by atoms with Gasteiger partial charge in [0.2, 0.25) is 5.91 Å². The van der Waals surface area contributed by atoms with Gasteiger partial charge in [-0.1, -0.05) is 23.2 Å². The lowest BCUT2D eigenvalue weighted by atomic mass is 10.1. The average Bonchev–Trinajstić information content (AvgIpc) is 2.73. The molecular formula is C17H22Cl2N2O4. The fraction of sp³-hybridized carbons (Fsp3) is 0.529. The highest BCUT2D eigenvalue weighted by atomic mass is 35.5. The molecule has 1 heterocycles. The number of rotatable bonds is 5. The molecule has 1 saturated heterocycles. The van der Waals surface area contributed by atoms with Crippen molar-refractivity contribution in [2.24, 2.45) is 0 Å². The van der Waals surface area contributed by atoms with Crippen LogP contribution in [-0.4, -0.2) is 60.8 Å². The number of carbonyl (C=O) groups excluding carboxylic acids is 2. The molecule has 1 aromatic rings. The van der Waals surface area contributed by atoms with Crippen molar-refractivity contribution in [1.82, 2.24) is 4.90 Å². The number of nitrogens with zero attached hydrogens (tertiary/aromatic N) is 2. The first-order valence-corrected chi connectivity index (χ1v) is 8.84. The Hall–Kier alpha value is -1.50. The third-order valence-electron chi connectivity index (χ3n) is 4.37. The van der Waals surface area contributed by atoms with Crippen LogP contribution in [0.2, 0.25) is 10.0 Å². The topological polar surface area (TPSA) is 70.1 Å². The summed E-state index contributed by atoms with van der Waals surface area (Å²) in [7, 11) is 1.28. The molecule has 138 valence electrons. The number of hydrogen-bond donors (Lipinski definition) is 1. The van der Waals surface area contributed by atoms with Crippen molar-refractivity contribution in [1.29, 1.82) is 0 Å². The van der Waals surface area contributed by atoms with E-state index in [2.05, 4.69) is 4.90 Å². The van der Waals surface area contributed by atoms with Crippen molar-refractivity contribution < 1.29 is 19.4 Å². The lowest BCUT2D eigenvalue weighted by molar-refractivity contribution is -0.153. The van der Waals surface area contributed by atoms with E-state index in [0.29, 0.717) is 23.1 Å². The molecule has 8 heteroatoms. The predicted octanol–water partition coefficient (Wildman–Crippen LogP) is 2.34. The summed E-state index contributed by atoms with van der Waals surface area (Å²) in [5.41, 5.74) is 0.869. The molecular weight excluding hydrogens is 367 g/mol. The molecule has 0 radical (unpaired) electrons. The molecule has 1 aromatic carbocycles. The number of benzene rings is 1. The summed E-state index contributed by atoms with van der Waals surface area (Å²) in [6.07, 6.45) is 0.404. The van der Waals surface area contributed by atoms with Gasteiger partial charge < -0.3 is 19.6 Å². The van der Waals surface area contributed by atoms with Crippen LogP contribution in [-0.2, 0) is 14.3 Å². The van der Waals surface area contributed by atoms with Crippen LogP contribution in [0.25, 0.3) is 0 Å². The minimum absolute atomic E-state index is 0.0467. The quantitative estimate of drug-likeness (QED) is 0.783. The molecule has 1 fully saturated rings. The minimum atomic E-state index is -0.779. The standard InChI is InChI=1S/C17H22Cl2N2O4/c1-11-10-21(15(6-8-22)17(24)25-2)16(23)5-7-20(11)12-3-4-13(18)14(19)9-12/h3-4,9,11,15,22H,5-8,10H2,1-2H3/t11?,15-/m0/s1. The molecule has 2 atom stereocenters. The fourth-order valence-corrected chi connectivity index (χ4v) is 3.37. The van der Waals surface area contributed by atoms with E-state index in [1.165, 1.54) is 12.0 Å². The third kappa shape index (κ3) is 4.57. The van der Waals surface area contributed by atoms with Crippen molar-refractivity contribution in [3.05, 3.63) is 28.2 Å². The average molecular weight is 389 g/mol. The number of carbonyl (C=O) groups is 2. The number of ether oxygens (including phenoxy) is 1. The SMILES string of the molecule is COC(=O)[C@H](CCO)N1CC(C)N(c2ccc(Cl)c(Cl)c2)CCC1=O. The van der Waals surface area contributed by atoms with E-state index in [4.69, 9.17) is 27.9 Å². The van der Waals surface area contributed by atoms with Crippen LogP contribution < -0.4 is 4.90 Å². The number of aliphatic hydroxyl groups is 1. The summed E-state index contributed by atoms with van der Waals surface area (Å²) in [6, 6.07) is 4.52. The Morgan fingerprint density at radius 3 is 2.72 bits per heavy atom. The Morgan fingerprint density at radius 1 is 1.40 bits per heavy atom. The molecule has 6 nitrogen and oxygen atoms in total. The highest BCUT2D eigenvalue weighted by Gasteiger charge is 2.35. The molecule has 25 heavy (non-hydrogen) atoms. The zero-order valence-electron chi connectivity index (χ0n) is 14.2. The lowest BCUT2D eigenvalue weighted by Gasteiger charge is -2.33. The maximum atomic E-state index is 12.6. The van der Waals surface area contributed by atoms with Crippen LogP contribution in [0.15, 0.2) is 18.2 Å². The van der Waals surface area contributed by atoms with Gasteiger partial charge in [0.1, 0.15) is 6.04 Å². The molecule has 0 aromatic heterocycles. The van der Waals surface area contributed by atoms with E-state index >= 15 is 0 Å². The van der Waals surface area contributed by atoms with E-state index in [-0.39, 0.29) is 31.4 Å². The van der Waals surface area contributed by atoms with Crippen LogP contribution >= 0.6 is 23.2 Å². The number of amides is 1. The Bertz CT molecular complexity index is 641. The summed E-state index contributed by atoms with van der Waals surface area (Å²) >= 11 is 12.1. The van der Waals surface area contributed by atoms with Crippen molar-refractivity contribution in [2.75, 3.05) is 31.7 Å². The second-order valence-corrected chi connectivity index (χ2v) is 6.80. The van der Waals surface area contributed by atoms with Gasteiger partial charge in [-0.15, -0.1) is 0 Å². The zero-order chi connectivity index (χ0) is 18.6. The van der Waals surface area contributed by atoms with Crippen LogP contribution in [0.4, 0.5) is 5.69 Å². The summed E-state index contributed by atoms with van der Waals surface area (Å²) in [4.78, 5) is 28.2. The van der Waals surface area contributed by atoms with Gasteiger partial charge in [-0.05, 0) is 25.1 Å². The van der Waals surface area contributed by atoms with E-state index < -0.39 is 12.0 Å². The van der Waals surface area contributed by atoms with Crippen molar-refractivity contribution in [3.63, 3.8) is 0 Å². The number of methoxy groups -OCH3 is 1. The van der Waals surface area contributed by atoms with Gasteiger partial charge in [-0.2, -0.15) is 0 Å². The Kier molecular flexibility index (Phi) is 6.93. The maximum Gasteiger partial charge on any atom is 0.328 e. The van der Waals surface area contributed by atoms with Gasteiger partial charge in [-0.3, -0.25) is 4.79 Å². The van der Waals surface area contributed by atoms with Gasteiger partial charge in [0.25, 0.3) is 0 Å². The highest BCUT2D eigenvalue weighted by molar-refractivity contribution is 6.42. The summed E-state index contributed by atoms with van der Waals surface area (Å²) in [5, 5.41) is 10.2. The molecule has 1 aliphatic rings. The molecule has 0 spiro atoms. The molecule has 2 rings (SSSR count).